The molecule has 2 N–H and O–H groups in total. The molecule has 0 amide bonds. The Hall–Kier alpha value is -0.930. The lowest BCUT2D eigenvalue weighted by Gasteiger charge is -2.18. The molecule has 2 rings (SSSR count). The number of hydrogen-bond donors (Lipinski definition) is 1. The fraction of sp³-hybridized carbons (Fsp3) is 0.600. The Morgan fingerprint density at radius 1 is 1.44 bits per heavy atom. The van der Waals surface area contributed by atoms with Crippen LogP contribution in [0, 0.1) is 17.7 Å². The molecular weight excluding hydrogens is 227 g/mol. The quantitative estimate of drug-likeness (QED) is 0.890. The average molecular weight is 250 g/mol. The predicted octanol–water partition coefficient (Wildman–Crippen LogP) is 2.76. The number of nitrogens with zero attached hydrogens (tertiary/aromatic N) is 1. The van der Waals surface area contributed by atoms with Gasteiger partial charge in [-0.05, 0) is 36.4 Å². The van der Waals surface area contributed by atoms with Crippen molar-refractivity contribution >= 4 is 0 Å². The predicted molar refractivity (Wildman–Crippen MR) is 72.5 cm³/mol. The van der Waals surface area contributed by atoms with Gasteiger partial charge in [0.1, 0.15) is 5.82 Å². The van der Waals surface area contributed by atoms with Crippen molar-refractivity contribution in [1.82, 2.24) is 4.90 Å². The van der Waals surface area contributed by atoms with E-state index in [0.717, 1.165) is 36.1 Å². The molecule has 0 aliphatic carbocycles. The molecule has 1 aromatic rings. The summed E-state index contributed by atoms with van der Waals surface area (Å²) in [6.07, 6.45) is 1.23. The third-order valence-electron chi connectivity index (χ3n) is 3.99. The summed E-state index contributed by atoms with van der Waals surface area (Å²) in [5.74, 6) is 1.36. The number of halogens is 1. The van der Waals surface area contributed by atoms with Gasteiger partial charge in [0.25, 0.3) is 0 Å². The van der Waals surface area contributed by atoms with Crippen molar-refractivity contribution in [2.24, 2.45) is 17.6 Å². The highest BCUT2D eigenvalue weighted by molar-refractivity contribution is 5.25. The maximum absolute atomic E-state index is 13.7. The molecule has 0 radical (unpaired) electrons. The van der Waals surface area contributed by atoms with Crippen LogP contribution < -0.4 is 5.73 Å². The van der Waals surface area contributed by atoms with Gasteiger partial charge in [-0.3, -0.25) is 4.90 Å². The Morgan fingerprint density at radius 3 is 2.83 bits per heavy atom. The van der Waals surface area contributed by atoms with Gasteiger partial charge in [-0.25, -0.2) is 4.39 Å². The normalized spacial score (nSPS) is 20.8. The molecule has 18 heavy (non-hydrogen) atoms. The second-order valence-corrected chi connectivity index (χ2v) is 5.66. The summed E-state index contributed by atoms with van der Waals surface area (Å²) in [6.45, 7) is 7.89. The molecular formula is C15H23FN2. The maximum Gasteiger partial charge on any atom is 0.127 e. The van der Waals surface area contributed by atoms with Gasteiger partial charge in [-0.15, -0.1) is 0 Å². The summed E-state index contributed by atoms with van der Waals surface area (Å²) in [4.78, 5) is 2.35. The van der Waals surface area contributed by atoms with Crippen LogP contribution in [0.2, 0.25) is 0 Å². The summed E-state index contributed by atoms with van der Waals surface area (Å²) in [6, 6.07) is 5.20. The lowest BCUT2D eigenvalue weighted by molar-refractivity contribution is 0.293. The van der Waals surface area contributed by atoms with E-state index in [1.807, 2.05) is 6.07 Å². The van der Waals surface area contributed by atoms with Crippen molar-refractivity contribution in [1.29, 1.82) is 0 Å². The standard InChI is InChI=1S/C15H23FN2/c1-11(2)13-5-6-18(9-13)10-14-7-12(8-17)3-4-15(14)16/h3-4,7,11,13H,5-6,8-10,17H2,1-2H3. The SMILES string of the molecule is CC(C)C1CCN(Cc2cc(CN)ccc2F)C1. The third kappa shape index (κ3) is 3.09. The largest absolute Gasteiger partial charge is 0.326 e. The number of benzene rings is 1. The zero-order valence-electron chi connectivity index (χ0n) is 11.3. The van der Waals surface area contributed by atoms with E-state index in [1.165, 1.54) is 12.5 Å². The van der Waals surface area contributed by atoms with E-state index >= 15 is 0 Å². The van der Waals surface area contributed by atoms with Crippen LogP contribution in [-0.2, 0) is 13.1 Å². The topological polar surface area (TPSA) is 29.3 Å². The van der Waals surface area contributed by atoms with E-state index in [4.69, 9.17) is 5.73 Å². The smallest absolute Gasteiger partial charge is 0.127 e. The molecule has 0 saturated carbocycles. The van der Waals surface area contributed by atoms with Crippen LogP contribution in [0.15, 0.2) is 18.2 Å². The van der Waals surface area contributed by atoms with Crippen LogP contribution in [0.5, 0.6) is 0 Å². The Morgan fingerprint density at radius 2 is 2.22 bits per heavy atom. The molecule has 1 atom stereocenters. The van der Waals surface area contributed by atoms with Gasteiger partial charge < -0.3 is 5.73 Å². The first-order valence-corrected chi connectivity index (χ1v) is 6.80. The molecule has 1 fully saturated rings. The fourth-order valence-corrected chi connectivity index (χ4v) is 2.67. The zero-order chi connectivity index (χ0) is 13.1. The molecule has 1 aromatic carbocycles. The van der Waals surface area contributed by atoms with Crippen molar-refractivity contribution in [2.45, 2.75) is 33.4 Å². The molecule has 1 aliphatic rings. The lowest BCUT2D eigenvalue weighted by atomic mass is 9.95. The Labute approximate surface area is 109 Å². The van der Waals surface area contributed by atoms with Crippen molar-refractivity contribution in [3.05, 3.63) is 35.1 Å². The Kier molecular flexibility index (Phi) is 4.36. The zero-order valence-corrected chi connectivity index (χ0v) is 11.3. The first-order valence-electron chi connectivity index (χ1n) is 6.80. The third-order valence-corrected chi connectivity index (χ3v) is 3.99. The summed E-state index contributed by atoms with van der Waals surface area (Å²) < 4.78 is 13.7. The van der Waals surface area contributed by atoms with E-state index in [9.17, 15) is 4.39 Å². The average Bonchev–Trinajstić information content (AvgIpc) is 2.81. The highest BCUT2D eigenvalue weighted by Crippen LogP contribution is 2.25. The van der Waals surface area contributed by atoms with Gasteiger partial charge in [0.2, 0.25) is 0 Å². The van der Waals surface area contributed by atoms with Crippen molar-refractivity contribution in [3.63, 3.8) is 0 Å². The molecule has 3 heteroatoms. The fourth-order valence-electron chi connectivity index (χ4n) is 2.67. The van der Waals surface area contributed by atoms with E-state index in [2.05, 4.69) is 18.7 Å². The highest BCUT2D eigenvalue weighted by Gasteiger charge is 2.25. The van der Waals surface area contributed by atoms with Crippen molar-refractivity contribution in [3.8, 4) is 0 Å². The number of hydrogen-bond acceptors (Lipinski definition) is 2. The van der Waals surface area contributed by atoms with E-state index < -0.39 is 0 Å². The molecule has 0 aromatic heterocycles. The number of likely N-dealkylation sites (tertiary alicyclic amines) is 1. The maximum atomic E-state index is 13.7. The van der Waals surface area contributed by atoms with Crippen molar-refractivity contribution in [2.75, 3.05) is 13.1 Å². The minimum atomic E-state index is -0.111. The monoisotopic (exact) mass is 250 g/mol. The molecule has 1 aliphatic heterocycles. The van der Waals surface area contributed by atoms with E-state index in [1.54, 1.807) is 6.07 Å². The summed E-state index contributed by atoms with van der Waals surface area (Å²) in [5.41, 5.74) is 7.39. The Bertz CT molecular complexity index is 403. The molecule has 1 unspecified atom stereocenters. The number of rotatable bonds is 4. The summed E-state index contributed by atoms with van der Waals surface area (Å²) >= 11 is 0. The van der Waals surface area contributed by atoms with E-state index in [0.29, 0.717) is 13.1 Å². The minimum absolute atomic E-state index is 0.111. The van der Waals surface area contributed by atoms with Gasteiger partial charge in [-0.1, -0.05) is 26.0 Å². The van der Waals surface area contributed by atoms with Gasteiger partial charge >= 0.3 is 0 Å². The molecule has 1 heterocycles. The second-order valence-electron chi connectivity index (χ2n) is 5.66. The molecule has 0 spiro atoms. The van der Waals surface area contributed by atoms with Crippen LogP contribution in [0.3, 0.4) is 0 Å². The van der Waals surface area contributed by atoms with Crippen LogP contribution in [0.1, 0.15) is 31.4 Å². The molecule has 2 nitrogen and oxygen atoms in total. The number of nitrogens with two attached hydrogens (primary N) is 1. The lowest BCUT2D eigenvalue weighted by Crippen LogP contribution is -2.22. The first-order chi connectivity index (χ1) is 8.60. The van der Waals surface area contributed by atoms with Gasteiger partial charge in [0.15, 0.2) is 0 Å². The van der Waals surface area contributed by atoms with Gasteiger partial charge in [-0.2, -0.15) is 0 Å². The highest BCUT2D eigenvalue weighted by atomic mass is 19.1. The van der Waals surface area contributed by atoms with Gasteiger partial charge in [0, 0.05) is 25.2 Å². The molecule has 1 saturated heterocycles. The van der Waals surface area contributed by atoms with Crippen molar-refractivity contribution < 1.29 is 4.39 Å². The Balaban J connectivity index is 2.02. The second kappa shape index (κ2) is 5.81. The van der Waals surface area contributed by atoms with Crippen LogP contribution >= 0.6 is 0 Å². The van der Waals surface area contributed by atoms with Crippen LogP contribution in [0.4, 0.5) is 4.39 Å². The van der Waals surface area contributed by atoms with Crippen LogP contribution in [-0.4, -0.2) is 18.0 Å². The van der Waals surface area contributed by atoms with Gasteiger partial charge in [0.05, 0.1) is 0 Å². The first kappa shape index (κ1) is 13.5. The van der Waals surface area contributed by atoms with E-state index in [-0.39, 0.29) is 5.82 Å². The molecule has 0 bridgehead atoms. The van der Waals surface area contributed by atoms with Crippen LogP contribution in [0.25, 0.3) is 0 Å². The summed E-state index contributed by atoms with van der Waals surface area (Å²) in [5, 5.41) is 0. The minimum Gasteiger partial charge on any atom is -0.326 e. The summed E-state index contributed by atoms with van der Waals surface area (Å²) in [7, 11) is 0. The molecule has 100 valence electrons.